The maximum absolute atomic E-state index is 11.6. The van der Waals surface area contributed by atoms with Crippen molar-refractivity contribution < 1.29 is 9.90 Å². The molecule has 1 atom stereocenters. The molecule has 2 aromatic carbocycles. The quantitative estimate of drug-likeness (QED) is 0.896. The predicted molar refractivity (Wildman–Crippen MR) is 84.1 cm³/mol. The third kappa shape index (κ3) is 3.48. The Bertz CT molecular complexity index is 635. The highest BCUT2D eigenvalue weighted by Gasteiger charge is 2.21. The van der Waals surface area contributed by atoms with E-state index in [1.54, 1.807) is 0 Å². The van der Waals surface area contributed by atoms with Gasteiger partial charge in [-0.1, -0.05) is 51.8 Å². The summed E-state index contributed by atoms with van der Waals surface area (Å²) in [7, 11) is 0. The van der Waals surface area contributed by atoms with E-state index in [1.807, 2.05) is 50.2 Å². The average molecular weight is 333 g/mol. The van der Waals surface area contributed by atoms with E-state index in [9.17, 15) is 9.90 Å². The van der Waals surface area contributed by atoms with Crippen LogP contribution in [0.4, 0.5) is 0 Å². The molecular weight excluding hydrogens is 316 g/mol. The van der Waals surface area contributed by atoms with Crippen molar-refractivity contribution in [2.24, 2.45) is 0 Å². The lowest BCUT2D eigenvalue weighted by Crippen LogP contribution is -2.15. The van der Waals surface area contributed by atoms with E-state index in [4.69, 9.17) is 0 Å². The fraction of sp³-hybridized carbons (Fsp3) is 0.235. The Labute approximate surface area is 127 Å². The molecule has 0 aliphatic heterocycles. The monoisotopic (exact) mass is 332 g/mol. The Morgan fingerprint density at radius 2 is 1.95 bits per heavy atom. The molecule has 0 heterocycles. The molecule has 0 fully saturated rings. The van der Waals surface area contributed by atoms with Crippen LogP contribution in [0.2, 0.25) is 0 Å². The summed E-state index contributed by atoms with van der Waals surface area (Å²) in [5.74, 6) is -1.31. The molecule has 2 rings (SSSR count). The SMILES string of the molecule is Cc1ccc(C)c(CC(C(=O)O)c2cccc(Br)c2)c1. The van der Waals surface area contributed by atoms with Crippen LogP contribution in [0.25, 0.3) is 0 Å². The van der Waals surface area contributed by atoms with Crippen LogP contribution in [-0.2, 0) is 11.2 Å². The summed E-state index contributed by atoms with van der Waals surface area (Å²) < 4.78 is 0.905. The molecule has 0 radical (unpaired) electrons. The van der Waals surface area contributed by atoms with Crippen molar-refractivity contribution in [3.8, 4) is 0 Å². The van der Waals surface area contributed by atoms with Gasteiger partial charge in [0.1, 0.15) is 0 Å². The van der Waals surface area contributed by atoms with Gasteiger partial charge in [0.05, 0.1) is 5.92 Å². The molecule has 0 aromatic heterocycles. The fourth-order valence-electron chi connectivity index (χ4n) is 2.31. The molecule has 0 amide bonds. The van der Waals surface area contributed by atoms with Crippen LogP contribution in [0.15, 0.2) is 46.9 Å². The first-order chi connectivity index (χ1) is 9.47. The van der Waals surface area contributed by atoms with E-state index >= 15 is 0 Å². The van der Waals surface area contributed by atoms with Crippen molar-refractivity contribution >= 4 is 21.9 Å². The van der Waals surface area contributed by atoms with Crippen molar-refractivity contribution in [3.05, 3.63) is 69.2 Å². The minimum atomic E-state index is -0.788. The van der Waals surface area contributed by atoms with Gasteiger partial charge in [-0.05, 0) is 49.1 Å². The van der Waals surface area contributed by atoms with E-state index < -0.39 is 11.9 Å². The lowest BCUT2D eigenvalue weighted by molar-refractivity contribution is -0.138. The maximum Gasteiger partial charge on any atom is 0.311 e. The molecule has 104 valence electrons. The van der Waals surface area contributed by atoms with E-state index in [0.717, 1.165) is 26.7 Å². The van der Waals surface area contributed by atoms with Gasteiger partial charge in [-0.15, -0.1) is 0 Å². The van der Waals surface area contributed by atoms with Gasteiger partial charge in [-0.2, -0.15) is 0 Å². The Balaban J connectivity index is 2.35. The van der Waals surface area contributed by atoms with Gasteiger partial charge in [0.25, 0.3) is 0 Å². The van der Waals surface area contributed by atoms with Crippen LogP contribution < -0.4 is 0 Å². The number of aliphatic carboxylic acids is 1. The minimum Gasteiger partial charge on any atom is -0.481 e. The molecule has 20 heavy (non-hydrogen) atoms. The van der Waals surface area contributed by atoms with Gasteiger partial charge in [0.2, 0.25) is 0 Å². The largest absolute Gasteiger partial charge is 0.481 e. The third-order valence-corrected chi connectivity index (χ3v) is 3.97. The van der Waals surface area contributed by atoms with Crippen LogP contribution in [0.3, 0.4) is 0 Å². The molecule has 0 saturated carbocycles. The first-order valence-electron chi connectivity index (χ1n) is 6.52. The smallest absolute Gasteiger partial charge is 0.311 e. The summed E-state index contributed by atoms with van der Waals surface area (Å²) in [6.07, 6.45) is 0.513. The minimum absolute atomic E-state index is 0.513. The normalized spacial score (nSPS) is 12.2. The van der Waals surface area contributed by atoms with Gasteiger partial charge in [-0.25, -0.2) is 0 Å². The number of halogens is 1. The average Bonchev–Trinajstić information content (AvgIpc) is 2.39. The van der Waals surface area contributed by atoms with Crippen LogP contribution in [0.1, 0.15) is 28.2 Å². The lowest BCUT2D eigenvalue weighted by atomic mass is 9.89. The summed E-state index contributed by atoms with van der Waals surface area (Å²) in [6, 6.07) is 13.7. The summed E-state index contributed by atoms with van der Waals surface area (Å²) in [4.78, 5) is 11.6. The van der Waals surface area contributed by atoms with Gasteiger partial charge >= 0.3 is 5.97 Å². The van der Waals surface area contributed by atoms with Crippen molar-refractivity contribution in [1.29, 1.82) is 0 Å². The number of carboxylic acids is 1. The summed E-state index contributed by atoms with van der Waals surface area (Å²) in [6.45, 7) is 4.05. The van der Waals surface area contributed by atoms with Gasteiger partial charge in [-0.3, -0.25) is 4.79 Å². The van der Waals surface area contributed by atoms with Crippen molar-refractivity contribution in [1.82, 2.24) is 0 Å². The number of carbonyl (C=O) groups is 1. The number of benzene rings is 2. The highest BCUT2D eigenvalue weighted by Crippen LogP contribution is 2.26. The summed E-state index contributed by atoms with van der Waals surface area (Å²) in [5.41, 5.74) is 4.21. The maximum atomic E-state index is 11.6. The second-order valence-corrected chi connectivity index (χ2v) is 6.00. The molecular formula is C17H17BrO2. The second-order valence-electron chi connectivity index (χ2n) is 5.08. The van der Waals surface area contributed by atoms with E-state index in [0.29, 0.717) is 6.42 Å². The zero-order valence-corrected chi connectivity index (χ0v) is 13.1. The number of aryl methyl sites for hydroxylation is 2. The zero-order chi connectivity index (χ0) is 14.7. The Morgan fingerprint density at radius 3 is 2.60 bits per heavy atom. The molecule has 0 aliphatic carbocycles. The predicted octanol–water partition coefficient (Wildman–Crippen LogP) is 4.48. The van der Waals surface area contributed by atoms with Crippen molar-refractivity contribution in [2.75, 3.05) is 0 Å². The van der Waals surface area contributed by atoms with E-state index in [-0.39, 0.29) is 0 Å². The van der Waals surface area contributed by atoms with Crippen molar-refractivity contribution in [3.63, 3.8) is 0 Å². The first-order valence-corrected chi connectivity index (χ1v) is 7.31. The van der Waals surface area contributed by atoms with E-state index in [1.165, 1.54) is 0 Å². The topological polar surface area (TPSA) is 37.3 Å². The number of hydrogen-bond acceptors (Lipinski definition) is 1. The van der Waals surface area contributed by atoms with Crippen LogP contribution in [0, 0.1) is 13.8 Å². The van der Waals surface area contributed by atoms with Crippen LogP contribution in [-0.4, -0.2) is 11.1 Å². The van der Waals surface area contributed by atoms with Crippen LogP contribution >= 0.6 is 15.9 Å². The molecule has 2 aromatic rings. The Morgan fingerprint density at radius 1 is 1.20 bits per heavy atom. The van der Waals surface area contributed by atoms with Gasteiger partial charge in [0, 0.05) is 4.47 Å². The molecule has 0 saturated heterocycles. The molecule has 3 heteroatoms. The molecule has 0 bridgehead atoms. The molecule has 1 N–H and O–H groups in total. The number of rotatable bonds is 4. The van der Waals surface area contributed by atoms with E-state index in [2.05, 4.69) is 22.0 Å². The lowest BCUT2D eigenvalue weighted by Gasteiger charge is -2.15. The first kappa shape index (κ1) is 14.8. The number of hydrogen-bond donors (Lipinski definition) is 1. The molecule has 0 spiro atoms. The third-order valence-electron chi connectivity index (χ3n) is 3.48. The summed E-state index contributed by atoms with van der Waals surface area (Å²) in [5, 5.41) is 9.52. The van der Waals surface area contributed by atoms with Gasteiger partial charge in [0.15, 0.2) is 0 Å². The van der Waals surface area contributed by atoms with Crippen molar-refractivity contribution in [2.45, 2.75) is 26.2 Å². The molecule has 0 aliphatic rings. The standard InChI is InChI=1S/C17H17BrO2/c1-11-6-7-12(2)14(8-11)10-16(17(19)20)13-4-3-5-15(18)9-13/h3-9,16H,10H2,1-2H3,(H,19,20). The second kappa shape index (κ2) is 6.23. The highest BCUT2D eigenvalue weighted by atomic mass is 79.9. The highest BCUT2D eigenvalue weighted by molar-refractivity contribution is 9.10. The van der Waals surface area contributed by atoms with Gasteiger partial charge < -0.3 is 5.11 Å². The number of carboxylic acid groups (broad SMARTS) is 1. The summed E-state index contributed by atoms with van der Waals surface area (Å²) >= 11 is 3.40. The van der Waals surface area contributed by atoms with Crippen LogP contribution in [0.5, 0.6) is 0 Å². The fourth-order valence-corrected chi connectivity index (χ4v) is 2.73. The molecule has 1 unspecified atom stereocenters. The Hall–Kier alpha value is -1.61. The zero-order valence-electron chi connectivity index (χ0n) is 11.6. The Kier molecular flexibility index (Phi) is 4.61. The molecule has 2 nitrogen and oxygen atoms in total.